The molecule has 0 unspecified atom stereocenters. The summed E-state index contributed by atoms with van der Waals surface area (Å²) < 4.78 is 6.48. The Kier molecular flexibility index (Phi) is 5.47. The molecule has 0 aliphatic carbocycles. The molecule has 6 nitrogen and oxygen atoms in total. The molecule has 0 radical (unpaired) electrons. The molecule has 0 fully saturated rings. The zero-order chi connectivity index (χ0) is 23.1. The molecule has 3 heterocycles. The van der Waals surface area contributed by atoms with Crippen LogP contribution in [0, 0.1) is 6.92 Å². The van der Waals surface area contributed by atoms with Crippen molar-refractivity contribution in [2.45, 2.75) is 19.9 Å². The summed E-state index contributed by atoms with van der Waals surface area (Å²) in [7, 11) is 0. The Morgan fingerprint density at radius 1 is 1.18 bits per heavy atom. The average Bonchev–Trinajstić information content (AvgIpc) is 3.53. The summed E-state index contributed by atoms with van der Waals surface area (Å²) in [5.74, 6) is -0.853. The summed E-state index contributed by atoms with van der Waals surface area (Å²) in [5.41, 5.74) is 2.59. The van der Waals surface area contributed by atoms with Crippen LogP contribution >= 0.6 is 22.7 Å². The van der Waals surface area contributed by atoms with Crippen LogP contribution in [0.2, 0.25) is 0 Å². The molecule has 1 aliphatic rings. The number of rotatable bonds is 6. The van der Waals surface area contributed by atoms with Gasteiger partial charge in [0.25, 0.3) is 5.91 Å². The molecule has 1 N–H and O–H groups in total. The van der Waals surface area contributed by atoms with Crippen LogP contribution in [0.4, 0.5) is 5.13 Å². The van der Waals surface area contributed by atoms with Gasteiger partial charge in [-0.25, -0.2) is 4.98 Å². The van der Waals surface area contributed by atoms with E-state index >= 15 is 0 Å². The van der Waals surface area contributed by atoms with Gasteiger partial charge in [-0.05, 0) is 60.7 Å². The van der Waals surface area contributed by atoms with E-state index in [0.717, 1.165) is 15.8 Å². The molecule has 0 bridgehead atoms. The van der Waals surface area contributed by atoms with Crippen LogP contribution in [-0.4, -0.2) is 28.4 Å². The van der Waals surface area contributed by atoms with Gasteiger partial charge >= 0.3 is 0 Å². The quantitative estimate of drug-likeness (QED) is 0.353. The van der Waals surface area contributed by atoms with Crippen molar-refractivity contribution in [2.24, 2.45) is 0 Å². The van der Waals surface area contributed by atoms with Crippen molar-refractivity contribution >= 4 is 49.7 Å². The molecule has 2 aromatic heterocycles. The second-order valence-electron chi connectivity index (χ2n) is 7.62. The highest BCUT2D eigenvalue weighted by molar-refractivity contribution is 7.22. The minimum atomic E-state index is -0.801. The van der Waals surface area contributed by atoms with Crippen molar-refractivity contribution in [1.29, 1.82) is 0 Å². The topological polar surface area (TPSA) is 79.7 Å². The lowest BCUT2D eigenvalue weighted by Crippen LogP contribution is -2.30. The van der Waals surface area contributed by atoms with Crippen LogP contribution in [0.25, 0.3) is 10.2 Å². The number of nitrogens with zero attached hydrogens (tertiary/aromatic N) is 2. The highest BCUT2D eigenvalue weighted by atomic mass is 32.1. The fourth-order valence-electron chi connectivity index (χ4n) is 3.93. The number of aryl methyl sites for hydroxylation is 1. The second-order valence-corrected chi connectivity index (χ2v) is 9.57. The Bertz CT molecular complexity index is 1390. The molecular weight excluding hydrogens is 456 g/mol. The largest absolute Gasteiger partial charge is 0.503 e. The first-order chi connectivity index (χ1) is 16.0. The minimum Gasteiger partial charge on any atom is -0.503 e. The maximum atomic E-state index is 13.4. The third kappa shape index (κ3) is 3.71. The lowest BCUT2D eigenvalue weighted by molar-refractivity contribution is -0.117. The Morgan fingerprint density at radius 3 is 2.67 bits per heavy atom. The molecule has 0 spiro atoms. The van der Waals surface area contributed by atoms with Crippen LogP contribution < -0.4 is 9.64 Å². The molecular formula is C25H20N2O4S2. The van der Waals surface area contributed by atoms with Crippen LogP contribution in [-0.2, 0) is 4.79 Å². The van der Waals surface area contributed by atoms with Gasteiger partial charge in [-0.1, -0.05) is 35.6 Å². The van der Waals surface area contributed by atoms with Crippen molar-refractivity contribution in [1.82, 2.24) is 4.98 Å². The van der Waals surface area contributed by atoms with Gasteiger partial charge < -0.3 is 9.84 Å². The van der Waals surface area contributed by atoms with Gasteiger partial charge in [0.15, 0.2) is 10.9 Å². The number of fused-ring (bicyclic) bond motifs is 1. The number of benzene rings is 2. The number of ketones is 1. The number of Topliss-reactive ketones (excluding diaryl/α,β-unsaturated/α-hetero) is 1. The predicted octanol–water partition coefficient (Wildman–Crippen LogP) is 5.85. The van der Waals surface area contributed by atoms with E-state index in [1.165, 1.54) is 27.6 Å². The van der Waals surface area contributed by atoms with Gasteiger partial charge in [-0.15, -0.1) is 11.3 Å². The summed E-state index contributed by atoms with van der Waals surface area (Å²) in [5, 5.41) is 13.1. The molecule has 1 amide bonds. The summed E-state index contributed by atoms with van der Waals surface area (Å²) in [6.45, 7) is 4.42. The van der Waals surface area contributed by atoms with Gasteiger partial charge in [0.1, 0.15) is 5.75 Å². The monoisotopic (exact) mass is 476 g/mol. The number of thiophene rings is 1. The second kappa shape index (κ2) is 8.46. The number of hydrogen-bond acceptors (Lipinski definition) is 7. The Hall–Kier alpha value is -3.49. The number of carbonyl (C=O) groups is 2. The number of hydrogen-bond donors (Lipinski definition) is 1. The highest BCUT2D eigenvalue weighted by Gasteiger charge is 2.46. The fraction of sp³-hybridized carbons (Fsp3) is 0.160. The van der Waals surface area contributed by atoms with Crippen LogP contribution in [0.1, 0.15) is 33.8 Å². The minimum absolute atomic E-state index is 0.0575. The third-order valence-corrected chi connectivity index (χ3v) is 7.33. The molecule has 0 saturated carbocycles. The van der Waals surface area contributed by atoms with E-state index in [1.54, 1.807) is 29.6 Å². The lowest BCUT2D eigenvalue weighted by Gasteiger charge is -2.24. The molecule has 0 saturated heterocycles. The zero-order valence-corrected chi connectivity index (χ0v) is 19.6. The van der Waals surface area contributed by atoms with Gasteiger partial charge in [0.2, 0.25) is 5.78 Å². The maximum absolute atomic E-state index is 13.4. The van der Waals surface area contributed by atoms with Crippen molar-refractivity contribution in [2.75, 3.05) is 11.5 Å². The number of thiazole rings is 1. The zero-order valence-electron chi connectivity index (χ0n) is 17.9. The van der Waals surface area contributed by atoms with Crippen LogP contribution in [0.5, 0.6) is 5.75 Å². The molecule has 33 heavy (non-hydrogen) atoms. The SMILES string of the molecule is CCOc1ccc([C@H]2C(C(=O)c3cccs3)=C(O)C(=O)N2c2nc3ccc(C)cc3s2)cc1. The lowest BCUT2D eigenvalue weighted by atomic mass is 9.95. The van der Waals surface area contributed by atoms with Gasteiger partial charge in [-0.2, -0.15) is 0 Å². The van der Waals surface area contributed by atoms with E-state index in [-0.39, 0.29) is 11.4 Å². The molecule has 166 valence electrons. The number of amides is 1. The number of aromatic nitrogens is 1. The summed E-state index contributed by atoms with van der Waals surface area (Å²) in [6.07, 6.45) is 0. The van der Waals surface area contributed by atoms with Gasteiger partial charge in [0.05, 0.1) is 33.3 Å². The number of ether oxygens (including phenoxy) is 1. The summed E-state index contributed by atoms with van der Waals surface area (Å²) >= 11 is 2.63. The van der Waals surface area contributed by atoms with E-state index in [4.69, 9.17) is 4.74 Å². The van der Waals surface area contributed by atoms with Crippen molar-refractivity contribution in [3.05, 3.63) is 87.3 Å². The first-order valence-corrected chi connectivity index (χ1v) is 12.1. The Balaban J connectivity index is 1.65. The van der Waals surface area contributed by atoms with Crippen LogP contribution in [0.15, 0.2) is 71.3 Å². The molecule has 8 heteroatoms. The Morgan fingerprint density at radius 2 is 1.97 bits per heavy atom. The molecule has 5 rings (SSSR count). The normalized spacial score (nSPS) is 16.1. The predicted molar refractivity (Wildman–Crippen MR) is 130 cm³/mol. The van der Waals surface area contributed by atoms with Crippen molar-refractivity contribution in [3.63, 3.8) is 0 Å². The van der Waals surface area contributed by atoms with E-state index in [2.05, 4.69) is 4.98 Å². The number of anilines is 1. The van der Waals surface area contributed by atoms with E-state index in [0.29, 0.717) is 27.9 Å². The third-order valence-electron chi connectivity index (χ3n) is 5.44. The first-order valence-electron chi connectivity index (χ1n) is 10.4. The Labute approximate surface area is 198 Å². The summed E-state index contributed by atoms with van der Waals surface area (Å²) in [4.78, 5) is 33.2. The van der Waals surface area contributed by atoms with Crippen molar-refractivity contribution in [3.8, 4) is 5.75 Å². The smallest absolute Gasteiger partial charge is 0.296 e. The van der Waals surface area contributed by atoms with E-state index in [1.807, 2.05) is 44.2 Å². The van der Waals surface area contributed by atoms with E-state index in [9.17, 15) is 14.7 Å². The van der Waals surface area contributed by atoms with Gasteiger partial charge in [-0.3, -0.25) is 14.5 Å². The van der Waals surface area contributed by atoms with Gasteiger partial charge in [0, 0.05) is 0 Å². The fourth-order valence-corrected chi connectivity index (χ4v) is 5.69. The molecule has 2 aromatic carbocycles. The number of aliphatic hydroxyl groups is 1. The standard InChI is InChI=1S/C25H20N2O4S2/c1-3-31-16-9-7-15(8-10-16)21-20(22(28)18-5-4-12-32-18)23(29)24(30)27(21)25-26-17-11-6-14(2)13-19(17)33-25/h4-13,21,29H,3H2,1-2H3/t21-/m0/s1. The molecule has 4 aromatic rings. The maximum Gasteiger partial charge on any atom is 0.296 e. The number of aliphatic hydroxyl groups excluding tert-OH is 1. The average molecular weight is 477 g/mol. The van der Waals surface area contributed by atoms with Crippen LogP contribution in [0.3, 0.4) is 0 Å². The molecule has 1 atom stereocenters. The summed E-state index contributed by atoms with van der Waals surface area (Å²) in [6, 6.07) is 15.8. The molecule has 1 aliphatic heterocycles. The highest BCUT2D eigenvalue weighted by Crippen LogP contribution is 2.44. The van der Waals surface area contributed by atoms with E-state index < -0.39 is 17.7 Å². The van der Waals surface area contributed by atoms with Crippen molar-refractivity contribution < 1.29 is 19.4 Å². The number of carbonyl (C=O) groups excluding carboxylic acids is 2. The first kappa shape index (κ1) is 21.4.